The van der Waals surface area contributed by atoms with Crippen molar-refractivity contribution >= 4 is 38.9 Å². The molecule has 1 aliphatic heterocycles. The number of carbonyl (C=O) groups is 1. The number of sulfone groups is 1. The molecule has 0 aliphatic carbocycles. The van der Waals surface area contributed by atoms with E-state index in [9.17, 15) is 13.2 Å². The van der Waals surface area contributed by atoms with Crippen LogP contribution in [0.3, 0.4) is 0 Å². The number of carbonyl (C=O) groups excluding carboxylic acids is 1. The summed E-state index contributed by atoms with van der Waals surface area (Å²) in [4.78, 5) is 18.0. The Bertz CT molecular complexity index is 1870. The number of hydrogen-bond acceptors (Lipinski definition) is 6. The van der Waals surface area contributed by atoms with Crippen molar-refractivity contribution in [2.75, 3.05) is 24.4 Å². The number of benzene rings is 2. The van der Waals surface area contributed by atoms with Gasteiger partial charge in [0.25, 0.3) is 5.91 Å². The zero-order valence-electron chi connectivity index (χ0n) is 27.1. The summed E-state index contributed by atoms with van der Waals surface area (Å²) in [6, 6.07) is 13.2. The van der Waals surface area contributed by atoms with E-state index < -0.39 is 45.8 Å². The van der Waals surface area contributed by atoms with Crippen LogP contribution in [0.2, 0.25) is 10.0 Å². The molecule has 0 bridgehead atoms. The van der Waals surface area contributed by atoms with Crippen molar-refractivity contribution in [2.24, 2.45) is 0 Å². The van der Waals surface area contributed by atoms with Crippen LogP contribution in [0.1, 0.15) is 45.6 Å². The van der Waals surface area contributed by atoms with E-state index in [2.05, 4.69) is 16.8 Å². The lowest BCUT2D eigenvalue weighted by atomic mass is 10.1. The molecule has 1 aromatic heterocycles. The van der Waals surface area contributed by atoms with Gasteiger partial charge in [-0.2, -0.15) is 5.26 Å². The van der Waals surface area contributed by atoms with E-state index in [1.54, 1.807) is 24.3 Å². The number of amides is 1. The van der Waals surface area contributed by atoms with E-state index in [1.165, 1.54) is 29.7 Å². The lowest BCUT2D eigenvalue weighted by Crippen LogP contribution is -2.50. The Kier molecular flexibility index (Phi) is 5.53. The second-order valence-electron chi connectivity index (χ2n) is 7.54. The molecule has 1 aliphatic rings. The maximum absolute atomic E-state index is 13.6. The summed E-state index contributed by atoms with van der Waals surface area (Å²) in [5.74, 6) is 4.62. The Morgan fingerprint density at radius 3 is 2.51 bits per heavy atom. The van der Waals surface area contributed by atoms with Crippen molar-refractivity contribution in [3.05, 3.63) is 69.5 Å². The van der Waals surface area contributed by atoms with Crippen molar-refractivity contribution in [1.82, 2.24) is 20.0 Å². The Hall–Kier alpha value is -3.34. The van der Waals surface area contributed by atoms with Gasteiger partial charge in [0, 0.05) is 58.6 Å². The lowest BCUT2D eigenvalue weighted by molar-refractivity contribution is 0.0796. The third-order valence-corrected chi connectivity index (χ3v) is 6.28. The second-order valence-corrected chi connectivity index (χ2v) is 9.80. The number of nitrogens with one attached hydrogen (secondary N) is 1. The monoisotopic (exact) mass is 563 g/mol. The van der Waals surface area contributed by atoms with Crippen LogP contribution in [0.4, 0.5) is 0 Å². The highest BCUT2D eigenvalue weighted by Gasteiger charge is 2.27. The van der Waals surface area contributed by atoms with E-state index >= 15 is 0 Å². The van der Waals surface area contributed by atoms with Crippen LogP contribution in [0, 0.1) is 30.1 Å². The molecule has 3 aromatic rings. The number of nitrogens with zero attached hydrogens (tertiary/aromatic N) is 4. The quantitative estimate of drug-likeness (QED) is 0.368. The minimum atomic E-state index is -5.74. The van der Waals surface area contributed by atoms with E-state index in [-0.39, 0.29) is 28.0 Å². The molecule has 0 spiro atoms. The third-order valence-electron chi connectivity index (χ3n) is 5.01. The van der Waals surface area contributed by atoms with E-state index in [0.717, 1.165) is 0 Å². The van der Waals surface area contributed by atoms with Gasteiger partial charge in [-0.1, -0.05) is 35.0 Å². The molecule has 1 N–H and O–H groups in total. The van der Waals surface area contributed by atoms with Gasteiger partial charge in [0.15, 0.2) is 15.5 Å². The summed E-state index contributed by atoms with van der Waals surface area (Å²) in [6.07, 6.45) is 0.666. The molecule has 2 heterocycles. The average molecular weight is 565 g/mol. The Balaban J connectivity index is 1.85. The number of rotatable bonds is 5. The minimum Gasteiger partial charge on any atom is -0.296 e. The minimum absolute atomic E-state index is 0.102. The molecular formula is C26H23Cl2N5O3S. The van der Waals surface area contributed by atoms with Crippen molar-refractivity contribution in [3.63, 3.8) is 0 Å². The van der Waals surface area contributed by atoms with Crippen LogP contribution in [-0.2, 0) is 9.84 Å². The fourth-order valence-electron chi connectivity index (χ4n) is 3.34. The van der Waals surface area contributed by atoms with Gasteiger partial charge in [-0.15, -0.1) is 0 Å². The highest BCUT2D eigenvalue weighted by Crippen LogP contribution is 2.33. The van der Waals surface area contributed by atoms with Crippen molar-refractivity contribution < 1.29 is 24.2 Å². The Morgan fingerprint density at radius 1 is 1.16 bits per heavy atom. The Morgan fingerprint density at radius 2 is 1.86 bits per heavy atom. The molecule has 0 radical (unpaired) electrons. The summed E-state index contributed by atoms with van der Waals surface area (Å²) in [7, 11) is -5.74. The molecule has 190 valence electrons. The van der Waals surface area contributed by atoms with Crippen LogP contribution in [-0.4, -0.2) is 53.3 Å². The first-order valence-corrected chi connectivity index (χ1v) is 12.8. The van der Waals surface area contributed by atoms with Crippen LogP contribution in [0.15, 0.2) is 42.5 Å². The largest absolute Gasteiger partial charge is 0.296 e. The molecule has 0 atom stereocenters. The number of aromatic nitrogens is 2. The standard InChI is InChI=1S/C26H23Cl2N5O3S/c1-18-24(26(34)31-32-13-15-37(35,36)16-14-32)30-25(22-11-8-20(27)17-23(22)28)33(18)21-9-6-19(7-10-21)5-3-2-4-12-29/h6-11,17H,2,4,13-16H2,1H3,(H,31,34)/i13D2,14D2,15D2,16D2. The van der Waals surface area contributed by atoms with Gasteiger partial charge in [0.2, 0.25) is 0 Å². The fourth-order valence-corrected chi connectivity index (χ4v) is 4.30. The highest BCUT2D eigenvalue weighted by molar-refractivity contribution is 7.91. The zero-order chi connectivity index (χ0) is 33.8. The SMILES string of the molecule is [2H]C1([2H])N(NC(=O)c2nc(-c3ccc(Cl)cc3Cl)n(-c3ccc(C#CCCC#N)cc3)c2C)C([2H])([2H])C([2H])([2H])S(=O)(=O)C1([2H])[2H]. The summed E-state index contributed by atoms with van der Waals surface area (Å²) >= 11 is 12.5. The molecule has 2 aromatic carbocycles. The van der Waals surface area contributed by atoms with Crippen molar-refractivity contribution in [1.29, 1.82) is 5.26 Å². The molecule has 37 heavy (non-hydrogen) atoms. The number of halogens is 2. The molecule has 1 amide bonds. The number of hydrogen-bond donors (Lipinski definition) is 1. The molecule has 4 rings (SSSR count). The smallest absolute Gasteiger partial charge is 0.286 e. The Labute approximate surface area is 236 Å². The zero-order valence-corrected chi connectivity index (χ0v) is 21.5. The molecule has 1 saturated heterocycles. The predicted octanol–water partition coefficient (Wildman–Crippen LogP) is 4.19. The van der Waals surface area contributed by atoms with Gasteiger partial charge >= 0.3 is 0 Å². The molecular weight excluding hydrogens is 533 g/mol. The predicted molar refractivity (Wildman–Crippen MR) is 143 cm³/mol. The fraction of sp³-hybridized carbons (Fsp3) is 0.269. The van der Waals surface area contributed by atoms with Crippen LogP contribution in [0.25, 0.3) is 17.1 Å². The summed E-state index contributed by atoms with van der Waals surface area (Å²) in [5.41, 5.74) is -5.02. The molecule has 11 heteroatoms. The first kappa shape index (κ1) is 18.0. The first-order chi connectivity index (χ1) is 20.7. The molecule has 1 fully saturated rings. The summed E-state index contributed by atoms with van der Waals surface area (Å²) < 4.78 is 91.1. The normalized spacial score (nSPS) is 23.5. The number of unbranched alkanes of at least 4 members (excludes halogenated alkanes) is 1. The number of hydrazine groups is 1. The average Bonchev–Trinajstić information content (AvgIpc) is 3.29. The van der Waals surface area contributed by atoms with Crippen LogP contribution >= 0.6 is 23.2 Å². The van der Waals surface area contributed by atoms with E-state index in [0.29, 0.717) is 28.3 Å². The molecule has 0 unspecified atom stereocenters. The van der Waals surface area contributed by atoms with Gasteiger partial charge in [0.05, 0.1) is 28.2 Å². The third kappa shape index (κ3) is 6.33. The van der Waals surface area contributed by atoms with Gasteiger partial charge in [-0.25, -0.2) is 18.4 Å². The number of nitriles is 1. The van der Waals surface area contributed by atoms with E-state index in [4.69, 9.17) is 39.4 Å². The maximum Gasteiger partial charge on any atom is 0.286 e. The maximum atomic E-state index is 13.6. The van der Waals surface area contributed by atoms with Gasteiger partial charge in [-0.3, -0.25) is 14.8 Å². The van der Waals surface area contributed by atoms with Crippen LogP contribution in [0.5, 0.6) is 0 Å². The lowest BCUT2D eigenvalue weighted by Gasteiger charge is -2.26. The first-order valence-electron chi connectivity index (χ1n) is 14.6. The second kappa shape index (κ2) is 11.4. The summed E-state index contributed by atoms with van der Waals surface area (Å²) in [5, 5.41) is 8.84. The summed E-state index contributed by atoms with van der Waals surface area (Å²) in [6.45, 7) is -6.09. The van der Waals surface area contributed by atoms with Gasteiger partial charge in [0.1, 0.15) is 5.82 Å². The van der Waals surface area contributed by atoms with Crippen molar-refractivity contribution in [3.8, 4) is 35.0 Å². The van der Waals surface area contributed by atoms with Gasteiger partial charge in [-0.05, 0) is 49.4 Å². The molecule has 8 nitrogen and oxygen atoms in total. The van der Waals surface area contributed by atoms with Gasteiger partial charge < -0.3 is 0 Å². The highest BCUT2D eigenvalue weighted by atomic mass is 35.5. The topological polar surface area (TPSA) is 108 Å². The van der Waals surface area contributed by atoms with Crippen molar-refractivity contribution in [2.45, 2.75) is 19.8 Å². The number of imidazole rings is 1. The van der Waals surface area contributed by atoms with E-state index in [1.807, 2.05) is 11.5 Å². The van der Waals surface area contributed by atoms with Crippen LogP contribution < -0.4 is 5.43 Å². The molecule has 0 saturated carbocycles.